The van der Waals surface area contributed by atoms with Crippen LogP contribution in [-0.4, -0.2) is 69.3 Å². The molecular weight excluding hydrogens is 252 g/mol. The number of hydrogen-bond acceptors (Lipinski definition) is 5. The summed E-state index contributed by atoms with van der Waals surface area (Å²) in [5.41, 5.74) is -0.192. The van der Waals surface area contributed by atoms with Crippen molar-refractivity contribution in [1.29, 1.82) is 0 Å². The first kappa shape index (κ1) is 15.9. The molecule has 18 heavy (non-hydrogen) atoms. The number of likely N-dealkylation sites (N-methyl/N-ethyl adjacent to an activating group) is 1. The highest BCUT2D eigenvalue weighted by Gasteiger charge is 2.35. The standard InChI is InChI=1S/C12H26N2O3S/c1-13-12(10-15)6-4-5-11(9-12)14(2)7-8-18(3,16)17/h11,13,15H,4-10H2,1-3H3. The van der Waals surface area contributed by atoms with Crippen molar-refractivity contribution in [1.82, 2.24) is 10.2 Å². The molecule has 0 aromatic rings. The SMILES string of the molecule is CNC1(CO)CCCC(N(C)CCS(C)(=O)=O)C1. The molecule has 0 aliphatic heterocycles. The Morgan fingerprint density at radius 1 is 1.50 bits per heavy atom. The molecular formula is C12H26N2O3S. The number of rotatable bonds is 6. The number of aliphatic hydroxyl groups excluding tert-OH is 1. The Labute approximate surface area is 110 Å². The van der Waals surface area contributed by atoms with Gasteiger partial charge in [-0.1, -0.05) is 0 Å². The van der Waals surface area contributed by atoms with E-state index in [1.165, 1.54) is 6.26 Å². The third-order valence-electron chi connectivity index (χ3n) is 4.09. The summed E-state index contributed by atoms with van der Waals surface area (Å²) in [5.74, 6) is 0.200. The van der Waals surface area contributed by atoms with Crippen molar-refractivity contribution >= 4 is 9.84 Å². The molecule has 1 aliphatic carbocycles. The summed E-state index contributed by atoms with van der Waals surface area (Å²) in [4.78, 5) is 2.11. The zero-order valence-electron chi connectivity index (χ0n) is 11.6. The molecule has 1 aliphatic rings. The molecule has 5 nitrogen and oxygen atoms in total. The van der Waals surface area contributed by atoms with Crippen LogP contribution in [0.4, 0.5) is 0 Å². The fourth-order valence-electron chi connectivity index (χ4n) is 2.65. The maximum absolute atomic E-state index is 11.2. The van der Waals surface area contributed by atoms with Gasteiger partial charge in [0.2, 0.25) is 0 Å². The third kappa shape index (κ3) is 4.50. The van der Waals surface area contributed by atoms with E-state index in [9.17, 15) is 13.5 Å². The predicted molar refractivity (Wildman–Crippen MR) is 73.5 cm³/mol. The molecule has 2 N–H and O–H groups in total. The van der Waals surface area contributed by atoms with Crippen molar-refractivity contribution in [2.24, 2.45) is 0 Å². The molecule has 0 heterocycles. The topological polar surface area (TPSA) is 69.6 Å². The van der Waals surface area contributed by atoms with Crippen molar-refractivity contribution in [3.8, 4) is 0 Å². The number of sulfone groups is 1. The Balaban J connectivity index is 2.55. The lowest BCUT2D eigenvalue weighted by molar-refractivity contribution is 0.0771. The van der Waals surface area contributed by atoms with Crippen LogP contribution in [0.3, 0.4) is 0 Å². The first-order chi connectivity index (χ1) is 8.32. The highest BCUT2D eigenvalue weighted by Crippen LogP contribution is 2.30. The summed E-state index contributed by atoms with van der Waals surface area (Å²) in [7, 11) is 0.951. The lowest BCUT2D eigenvalue weighted by atomic mass is 9.79. The molecule has 2 unspecified atom stereocenters. The van der Waals surface area contributed by atoms with Gasteiger partial charge in [-0.05, 0) is 39.8 Å². The number of nitrogens with one attached hydrogen (secondary N) is 1. The van der Waals surface area contributed by atoms with Gasteiger partial charge in [0, 0.05) is 24.4 Å². The lowest BCUT2D eigenvalue weighted by Gasteiger charge is -2.42. The minimum absolute atomic E-state index is 0.139. The summed E-state index contributed by atoms with van der Waals surface area (Å²) < 4.78 is 22.4. The monoisotopic (exact) mass is 278 g/mol. The lowest BCUT2D eigenvalue weighted by Crippen LogP contribution is -2.54. The number of nitrogens with zero attached hydrogens (tertiary/aromatic N) is 1. The maximum Gasteiger partial charge on any atom is 0.148 e. The van der Waals surface area contributed by atoms with Crippen molar-refractivity contribution in [2.75, 3.05) is 39.3 Å². The van der Waals surface area contributed by atoms with E-state index in [2.05, 4.69) is 10.2 Å². The van der Waals surface area contributed by atoms with E-state index in [0.29, 0.717) is 12.6 Å². The molecule has 0 amide bonds. The fraction of sp³-hybridized carbons (Fsp3) is 1.00. The molecule has 0 radical (unpaired) electrons. The van der Waals surface area contributed by atoms with Gasteiger partial charge in [-0.3, -0.25) is 0 Å². The zero-order valence-corrected chi connectivity index (χ0v) is 12.5. The van der Waals surface area contributed by atoms with Gasteiger partial charge < -0.3 is 15.3 Å². The fourth-order valence-corrected chi connectivity index (χ4v) is 3.27. The second-order valence-corrected chi connectivity index (χ2v) is 7.81. The van der Waals surface area contributed by atoms with Crippen LogP contribution in [0.25, 0.3) is 0 Å². The highest BCUT2D eigenvalue weighted by molar-refractivity contribution is 7.90. The number of hydrogen-bond donors (Lipinski definition) is 2. The first-order valence-electron chi connectivity index (χ1n) is 6.50. The van der Waals surface area contributed by atoms with Gasteiger partial charge in [0.25, 0.3) is 0 Å². The summed E-state index contributed by atoms with van der Waals surface area (Å²) in [5, 5.41) is 12.8. The molecule has 0 aromatic carbocycles. The van der Waals surface area contributed by atoms with E-state index in [4.69, 9.17) is 0 Å². The van der Waals surface area contributed by atoms with Crippen LogP contribution < -0.4 is 5.32 Å². The van der Waals surface area contributed by atoms with Gasteiger partial charge in [-0.25, -0.2) is 8.42 Å². The molecule has 108 valence electrons. The molecule has 1 rings (SSSR count). The zero-order chi connectivity index (χ0) is 13.8. The summed E-state index contributed by atoms with van der Waals surface area (Å²) in [6, 6.07) is 0.347. The quantitative estimate of drug-likeness (QED) is 0.707. The van der Waals surface area contributed by atoms with E-state index in [1.54, 1.807) is 0 Å². The Morgan fingerprint density at radius 3 is 2.67 bits per heavy atom. The van der Waals surface area contributed by atoms with E-state index in [1.807, 2.05) is 14.1 Å². The molecule has 0 aromatic heterocycles. The Bertz CT molecular complexity index is 352. The van der Waals surface area contributed by atoms with Crippen LogP contribution in [0.15, 0.2) is 0 Å². The van der Waals surface area contributed by atoms with Crippen LogP contribution in [0.5, 0.6) is 0 Å². The average molecular weight is 278 g/mol. The molecule has 0 saturated heterocycles. The second kappa shape index (κ2) is 6.32. The summed E-state index contributed by atoms with van der Waals surface area (Å²) in [6.07, 6.45) is 5.27. The van der Waals surface area contributed by atoms with E-state index in [0.717, 1.165) is 25.7 Å². The predicted octanol–water partition coefficient (Wildman–Crippen LogP) is -0.144. The molecule has 0 bridgehead atoms. The molecule has 6 heteroatoms. The smallest absolute Gasteiger partial charge is 0.148 e. The van der Waals surface area contributed by atoms with Gasteiger partial charge in [0.1, 0.15) is 9.84 Å². The van der Waals surface area contributed by atoms with E-state index in [-0.39, 0.29) is 17.9 Å². The van der Waals surface area contributed by atoms with Gasteiger partial charge >= 0.3 is 0 Å². The van der Waals surface area contributed by atoms with Gasteiger partial charge in [0.15, 0.2) is 0 Å². The van der Waals surface area contributed by atoms with Crippen LogP contribution in [0.1, 0.15) is 25.7 Å². The first-order valence-corrected chi connectivity index (χ1v) is 8.56. The van der Waals surface area contributed by atoms with Gasteiger partial charge in [-0.15, -0.1) is 0 Å². The Morgan fingerprint density at radius 2 is 2.17 bits per heavy atom. The average Bonchev–Trinajstić information content (AvgIpc) is 2.35. The Kier molecular flexibility index (Phi) is 5.58. The minimum atomic E-state index is -2.90. The van der Waals surface area contributed by atoms with Crippen LogP contribution in [0, 0.1) is 0 Å². The van der Waals surface area contributed by atoms with E-state index < -0.39 is 9.84 Å². The van der Waals surface area contributed by atoms with Gasteiger partial charge in [-0.2, -0.15) is 0 Å². The van der Waals surface area contributed by atoms with Crippen molar-refractivity contribution in [3.63, 3.8) is 0 Å². The minimum Gasteiger partial charge on any atom is -0.394 e. The maximum atomic E-state index is 11.2. The molecule has 1 fully saturated rings. The van der Waals surface area contributed by atoms with Crippen molar-refractivity contribution in [2.45, 2.75) is 37.3 Å². The second-order valence-electron chi connectivity index (χ2n) is 5.55. The van der Waals surface area contributed by atoms with Crippen LogP contribution in [-0.2, 0) is 9.84 Å². The molecule has 1 saturated carbocycles. The van der Waals surface area contributed by atoms with Crippen molar-refractivity contribution < 1.29 is 13.5 Å². The highest BCUT2D eigenvalue weighted by atomic mass is 32.2. The third-order valence-corrected chi connectivity index (χ3v) is 5.01. The summed E-state index contributed by atoms with van der Waals surface area (Å²) in [6.45, 7) is 0.703. The number of aliphatic hydroxyl groups is 1. The van der Waals surface area contributed by atoms with Crippen LogP contribution >= 0.6 is 0 Å². The normalized spacial score (nSPS) is 29.7. The van der Waals surface area contributed by atoms with Crippen LogP contribution in [0.2, 0.25) is 0 Å². The molecule has 2 atom stereocenters. The Hall–Kier alpha value is -0.170. The van der Waals surface area contributed by atoms with E-state index >= 15 is 0 Å². The van der Waals surface area contributed by atoms with Gasteiger partial charge in [0.05, 0.1) is 12.4 Å². The molecule has 0 spiro atoms. The van der Waals surface area contributed by atoms with Crippen molar-refractivity contribution in [3.05, 3.63) is 0 Å². The largest absolute Gasteiger partial charge is 0.394 e. The summed E-state index contributed by atoms with van der Waals surface area (Å²) >= 11 is 0.